The van der Waals surface area contributed by atoms with Gasteiger partial charge in [-0.3, -0.25) is 4.79 Å². The molecule has 2 aromatic carbocycles. The van der Waals surface area contributed by atoms with Crippen LogP contribution < -0.4 is 5.32 Å². The van der Waals surface area contributed by atoms with Crippen molar-refractivity contribution < 1.29 is 13.2 Å². The lowest BCUT2D eigenvalue weighted by Gasteiger charge is -2.20. The van der Waals surface area contributed by atoms with Crippen molar-refractivity contribution >= 4 is 15.9 Å². The van der Waals surface area contributed by atoms with Gasteiger partial charge in [0.1, 0.15) is 12.7 Å². The van der Waals surface area contributed by atoms with Crippen molar-refractivity contribution in [1.29, 1.82) is 0 Å². The summed E-state index contributed by atoms with van der Waals surface area (Å²) in [6, 6.07) is 14.7. The van der Waals surface area contributed by atoms with Crippen LogP contribution in [0.25, 0.3) is 5.69 Å². The third kappa shape index (κ3) is 6.06. The first-order valence-corrected chi connectivity index (χ1v) is 12.8. The molecular weight excluding hydrogens is 438 g/mol. The van der Waals surface area contributed by atoms with Crippen LogP contribution >= 0.6 is 0 Å². The molecule has 4 rings (SSSR count). The number of carbonyl (C=O) groups is 1. The predicted molar refractivity (Wildman–Crippen MR) is 125 cm³/mol. The Bertz CT molecular complexity index is 1140. The highest BCUT2D eigenvalue weighted by Crippen LogP contribution is 2.21. The Morgan fingerprint density at radius 3 is 2.21 bits per heavy atom. The molecule has 0 unspecified atom stereocenters. The van der Waals surface area contributed by atoms with E-state index < -0.39 is 10.0 Å². The van der Waals surface area contributed by atoms with Crippen LogP contribution in [-0.4, -0.2) is 46.5 Å². The van der Waals surface area contributed by atoms with E-state index in [1.807, 2.05) is 24.3 Å². The Kier molecular flexibility index (Phi) is 7.51. The van der Waals surface area contributed by atoms with E-state index in [-0.39, 0.29) is 5.91 Å². The summed E-state index contributed by atoms with van der Waals surface area (Å²) < 4.78 is 29.0. The van der Waals surface area contributed by atoms with Crippen LogP contribution in [0.1, 0.15) is 43.2 Å². The summed E-state index contributed by atoms with van der Waals surface area (Å²) in [7, 11) is -3.45. The molecule has 0 saturated carbocycles. The highest BCUT2D eigenvalue weighted by Gasteiger charge is 2.24. The van der Waals surface area contributed by atoms with Crippen molar-refractivity contribution in [3.63, 3.8) is 0 Å². The number of aryl methyl sites for hydroxylation is 1. The molecule has 1 N–H and O–H groups in total. The van der Waals surface area contributed by atoms with E-state index >= 15 is 0 Å². The predicted octanol–water partition coefficient (Wildman–Crippen LogP) is 3.08. The zero-order chi connectivity index (χ0) is 23.1. The fraction of sp³-hybridized carbons (Fsp3) is 0.375. The van der Waals surface area contributed by atoms with E-state index in [1.54, 1.807) is 39.6 Å². The minimum Gasteiger partial charge on any atom is -0.352 e. The van der Waals surface area contributed by atoms with Gasteiger partial charge in [0.2, 0.25) is 15.9 Å². The van der Waals surface area contributed by atoms with E-state index in [2.05, 4.69) is 15.4 Å². The summed E-state index contributed by atoms with van der Waals surface area (Å²) >= 11 is 0. The van der Waals surface area contributed by atoms with Gasteiger partial charge < -0.3 is 5.32 Å². The van der Waals surface area contributed by atoms with Crippen LogP contribution in [0.4, 0.5) is 0 Å². The Labute approximate surface area is 194 Å². The zero-order valence-corrected chi connectivity index (χ0v) is 19.4. The van der Waals surface area contributed by atoms with E-state index in [1.165, 1.54) is 6.33 Å². The average Bonchev–Trinajstić information content (AvgIpc) is 3.23. The van der Waals surface area contributed by atoms with E-state index in [9.17, 15) is 13.2 Å². The fourth-order valence-electron chi connectivity index (χ4n) is 3.91. The number of rotatable bonds is 8. The third-order valence-electron chi connectivity index (χ3n) is 5.88. The average molecular weight is 468 g/mol. The lowest BCUT2D eigenvalue weighted by atomic mass is 10.1. The fourth-order valence-corrected chi connectivity index (χ4v) is 5.43. The number of carbonyl (C=O) groups excluding carboxylic acids is 1. The lowest BCUT2D eigenvalue weighted by molar-refractivity contribution is -0.121. The van der Waals surface area contributed by atoms with E-state index in [0.29, 0.717) is 37.4 Å². The van der Waals surface area contributed by atoms with Crippen LogP contribution in [0.3, 0.4) is 0 Å². The Morgan fingerprint density at radius 1 is 0.909 bits per heavy atom. The highest BCUT2D eigenvalue weighted by atomic mass is 32.2. The number of amides is 1. The summed E-state index contributed by atoms with van der Waals surface area (Å²) in [6.45, 7) is 1.63. The normalized spacial score (nSPS) is 15.2. The van der Waals surface area contributed by atoms with Crippen molar-refractivity contribution in [1.82, 2.24) is 24.4 Å². The molecule has 33 heavy (non-hydrogen) atoms. The highest BCUT2D eigenvalue weighted by molar-refractivity contribution is 7.89. The van der Waals surface area contributed by atoms with Crippen molar-refractivity contribution in [2.24, 2.45) is 0 Å². The van der Waals surface area contributed by atoms with Gasteiger partial charge in [-0.1, -0.05) is 37.1 Å². The molecule has 1 fully saturated rings. The molecule has 174 valence electrons. The van der Waals surface area contributed by atoms with Gasteiger partial charge in [-0.05, 0) is 54.7 Å². The number of nitrogens with one attached hydrogen (secondary N) is 1. The molecule has 2 heterocycles. The molecule has 3 aromatic rings. The molecule has 0 atom stereocenters. The van der Waals surface area contributed by atoms with Gasteiger partial charge in [0.25, 0.3) is 0 Å². The maximum Gasteiger partial charge on any atom is 0.243 e. The third-order valence-corrected chi connectivity index (χ3v) is 7.79. The number of nitrogens with zero attached hydrogens (tertiary/aromatic N) is 4. The van der Waals surface area contributed by atoms with Crippen LogP contribution in [-0.2, 0) is 27.8 Å². The van der Waals surface area contributed by atoms with E-state index in [0.717, 1.165) is 42.5 Å². The molecule has 9 heteroatoms. The van der Waals surface area contributed by atoms with Crippen LogP contribution in [0.15, 0.2) is 66.1 Å². The summed E-state index contributed by atoms with van der Waals surface area (Å²) in [5, 5.41) is 7.02. The smallest absolute Gasteiger partial charge is 0.243 e. The Balaban J connectivity index is 1.25. The second-order valence-corrected chi connectivity index (χ2v) is 10.2. The quantitative estimate of drug-likeness (QED) is 0.549. The summed E-state index contributed by atoms with van der Waals surface area (Å²) in [5.41, 5.74) is 2.84. The maximum atomic E-state index is 12.9. The molecule has 0 radical (unpaired) electrons. The Morgan fingerprint density at radius 2 is 1.58 bits per heavy atom. The SMILES string of the molecule is O=C(CCc1ccc(S(=O)(=O)N2CCCCCC2)cc1)NCc1ccc(-n2cncn2)cc1. The first-order chi connectivity index (χ1) is 16.0. The van der Waals surface area contributed by atoms with Crippen molar-refractivity contribution in [2.75, 3.05) is 13.1 Å². The van der Waals surface area contributed by atoms with Crippen molar-refractivity contribution in [2.45, 2.75) is 50.0 Å². The molecule has 1 aliphatic heterocycles. The first kappa shape index (κ1) is 23.1. The first-order valence-electron chi connectivity index (χ1n) is 11.3. The molecule has 0 aliphatic carbocycles. The number of aromatic nitrogens is 3. The van der Waals surface area contributed by atoms with Gasteiger partial charge in [-0.15, -0.1) is 0 Å². The Hall–Kier alpha value is -3.04. The van der Waals surface area contributed by atoms with Gasteiger partial charge in [-0.2, -0.15) is 9.40 Å². The summed E-state index contributed by atoms with van der Waals surface area (Å²) in [5.74, 6) is -0.0448. The van der Waals surface area contributed by atoms with E-state index in [4.69, 9.17) is 0 Å². The minimum atomic E-state index is -3.45. The van der Waals surface area contributed by atoms with Gasteiger partial charge in [0, 0.05) is 26.1 Å². The monoisotopic (exact) mass is 467 g/mol. The van der Waals surface area contributed by atoms with Gasteiger partial charge >= 0.3 is 0 Å². The number of benzene rings is 2. The largest absolute Gasteiger partial charge is 0.352 e. The lowest BCUT2D eigenvalue weighted by Crippen LogP contribution is -2.31. The zero-order valence-electron chi connectivity index (χ0n) is 18.6. The summed E-state index contributed by atoms with van der Waals surface area (Å²) in [4.78, 5) is 16.5. The molecule has 1 saturated heterocycles. The van der Waals surface area contributed by atoms with Gasteiger partial charge in [0.15, 0.2) is 0 Å². The minimum absolute atomic E-state index is 0.0448. The van der Waals surface area contributed by atoms with Crippen LogP contribution in [0.2, 0.25) is 0 Å². The molecular formula is C24H29N5O3S. The van der Waals surface area contributed by atoms with Gasteiger partial charge in [0.05, 0.1) is 10.6 Å². The van der Waals surface area contributed by atoms with Crippen molar-refractivity contribution in [3.8, 4) is 5.69 Å². The molecule has 8 nitrogen and oxygen atoms in total. The molecule has 0 bridgehead atoms. The standard InChI is InChI=1S/C24H29N5O3S/c30-24(26-17-21-5-10-22(11-6-21)29-19-25-18-27-29)14-9-20-7-12-23(13-8-20)33(31,32)28-15-3-1-2-4-16-28/h5-8,10-13,18-19H,1-4,9,14-17H2,(H,26,30). The maximum absolute atomic E-state index is 12.9. The number of hydrogen-bond donors (Lipinski definition) is 1. The van der Waals surface area contributed by atoms with Gasteiger partial charge in [-0.25, -0.2) is 18.1 Å². The molecule has 0 spiro atoms. The molecule has 1 aliphatic rings. The second-order valence-electron chi connectivity index (χ2n) is 8.25. The van der Waals surface area contributed by atoms with Crippen molar-refractivity contribution in [3.05, 3.63) is 72.3 Å². The molecule has 1 aromatic heterocycles. The topological polar surface area (TPSA) is 97.2 Å². The summed E-state index contributed by atoms with van der Waals surface area (Å²) in [6.07, 6.45) is 8.01. The van der Waals surface area contributed by atoms with Crippen LogP contribution in [0, 0.1) is 0 Å². The number of sulfonamides is 1. The number of hydrogen-bond acceptors (Lipinski definition) is 5. The molecule has 1 amide bonds. The second kappa shape index (κ2) is 10.7. The van der Waals surface area contributed by atoms with Crippen LogP contribution in [0.5, 0.6) is 0 Å².